The SMILES string of the molecule is CCO[C@H]1CCN(Cc2c(OC)cc(C)c3c2CCC(=O)N3)[C@H](c2ccc(C(=O)O)cc2)C1. The van der Waals surface area contributed by atoms with Gasteiger partial charge in [0.25, 0.3) is 0 Å². The average molecular weight is 453 g/mol. The van der Waals surface area contributed by atoms with E-state index in [9.17, 15) is 14.7 Å². The van der Waals surface area contributed by atoms with E-state index in [1.165, 1.54) is 0 Å². The number of benzene rings is 2. The molecule has 0 unspecified atom stereocenters. The van der Waals surface area contributed by atoms with Gasteiger partial charge in [-0.2, -0.15) is 0 Å². The summed E-state index contributed by atoms with van der Waals surface area (Å²) in [6.45, 7) is 6.23. The molecule has 1 amide bonds. The monoisotopic (exact) mass is 452 g/mol. The number of hydrogen-bond donors (Lipinski definition) is 2. The Bertz CT molecular complexity index is 1030. The summed E-state index contributed by atoms with van der Waals surface area (Å²) in [7, 11) is 1.69. The molecule has 0 bridgehead atoms. The van der Waals surface area contributed by atoms with Gasteiger partial charge in [-0.1, -0.05) is 12.1 Å². The number of carboxylic acid groups (broad SMARTS) is 1. The van der Waals surface area contributed by atoms with Crippen LogP contribution < -0.4 is 10.1 Å². The first-order valence-corrected chi connectivity index (χ1v) is 11.6. The molecule has 0 aromatic heterocycles. The lowest BCUT2D eigenvalue weighted by atomic mass is 9.89. The number of hydrogen-bond acceptors (Lipinski definition) is 5. The quantitative estimate of drug-likeness (QED) is 0.650. The van der Waals surface area contributed by atoms with Crippen LogP contribution in [0.4, 0.5) is 5.69 Å². The van der Waals surface area contributed by atoms with Gasteiger partial charge in [-0.05, 0) is 68.0 Å². The smallest absolute Gasteiger partial charge is 0.335 e. The number of piperidine rings is 1. The minimum atomic E-state index is -0.924. The molecule has 0 saturated carbocycles. The third-order valence-corrected chi connectivity index (χ3v) is 6.76. The number of methoxy groups -OCH3 is 1. The normalized spacial score (nSPS) is 20.8. The molecule has 2 aromatic rings. The van der Waals surface area contributed by atoms with Crippen molar-refractivity contribution in [3.8, 4) is 5.75 Å². The molecule has 2 aliphatic rings. The molecule has 1 fully saturated rings. The van der Waals surface area contributed by atoms with Crippen LogP contribution in [-0.4, -0.2) is 48.2 Å². The topological polar surface area (TPSA) is 88.1 Å². The van der Waals surface area contributed by atoms with Gasteiger partial charge in [0.15, 0.2) is 0 Å². The number of rotatable bonds is 7. The third kappa shape index (κ3) is 4.89. The van der Waals surface area contributed by atoms with E-state index in [4.69, 9.17) is 9.47 Å². The van der Waals surface area contributed by atoms with Crippen molar-refractivity contribution in [1.29, 1.82) is 0 Å². The van der Waals surface area contributed by atoms with Crippen LogP contribution in [0.3, 0.4) is 0 Å². The highest BCUT2D eigenvalue weighted by atomic mass is 16.5. The number of carboxylic acids is 1. The van der Waals surface area contributed by atoms with Crippen LogP contribution >= 0.6 is 0 Å². The zero-order valence-corrected chi connectivity index (χ0v) is 19.5. The number of likely N-dealkylation sites (tertiary alicyclic amines) is 1. The summed E-state index contributed by atoms with van der Waals surface area (Å²) < 4.78 is 11.7. The first kappa shape index (κ1) is 23.3. The lowest BCUT2D eigenvalue weighted by molar-refractivity contribution is -0.116. The standard InChI is InChI=1S/C26H32N2O5/c1-4-33-19-11-12-28(22(14-19)17-5-7-18(8-6-17)26(30)31)15-21-20-9-10-24(29)27-25(20)16(2)13-23(21)32-3/h5-8,13,19,22H,4,9-12,14-15H2,1-3H3,(H,27,29)(H,30,31)/t19-,22-/m0/s1. The Hall–Kier alpha value is -2.90. The predicted molar refractivity (Wildman–Crippen MR) is 126 cm³/mol. The van der Waals surface area contributed by atoms with E-state index < -0.39 is 5.97 Å². The second kappa shape index (κ2) is 9.93. The number of aromatic carboxylic acids is 1. The first-order chi connectivity index (χ1) is 15.9. The van der Waals surface area contributed by atoms with E-state index in [0.717, 1.165) is 53.1 Å². The summed E-state index contributed by atoms with van der Waals surface area (Å²) in [5.74, 6) is -0.0303. The Kier molecular flexibility index (Phi) is 7.00. The number of nitrogens with zero attached hydrogens (tertiary/aromatic N) is 1. The molecule has 2 aromatic carbocycles. The van der Waals surface area contributed by atoms with E-state index >= 15 is 0 Å². The summed E-state index contributed by atoms with van der Waals surface area (Å²) >= 11 is 0. The van der Waals surface area contributed by atoms with Crippen molar-refractivity contribution in [3.05, 3.63) is 58.1 Å². The third-order valence-electron chi connectivity index (χ3n) is 6.76. The van der Waals surface area contributed by atoms with E-state index in [1.54, 1.807) is 19.2 Å². The number of aryl methyl sites for hydroxylation is 1. The van der Waals surface area contributed by atoms with Gasteiger partial charge in [-0.25, -0.2) is 4.79 Å². The van der Waals surface area contributed by atoms with Crippen molar-refractivity contribution >= 4 is 17.6 Å². The Morgan fingerprint density at radius 1 is 1.24 bits per heavy atom. The van der Waals surface area contributed by atoms with Gasteiger partial charge in [0.2, 0.25) is 5.91 Å². The molecule has 2 heterocycles. The van der Waals surface area contributed by atoms with Gasteiger partial charge in [0.05, 0.1) is 18.8 Å². The van der Waals surface area contributed by atoms with E-state index in [0.29, 0.717) is 26.0 Å². The van der Waals surface area contributed by atoms with E-state index in [2.05, 4.69) is 10.2 Å². The fourth-order valence-electron chi connectivity index (χ4n) is 5.10. The lowest BCUT2D eigenvalue weighted by Gasteiger charge is -2.40. The molecule has 7 heteroatoms. The second-order valence-electron chi connectivity index (χ2n) is 8.79. The predicted octanol–water partition coefficient (Wildman–Crippen LogP) is 4.33. The maximum atomic E-state index is 12.0. The fraction of sp³-hybridized carbons (Fsp3) is 0.462. The molecule has 2 N–H and O–H groups in total. The Labute approximate surface area is 194 Å². The van der Waals surface area contributed by atoms with Crippen molar-refractivity contribution in [2.75, 3.05) is 25.6 Å². The Morgan fingerprint density at radius 3 is 2.67 bits per heavy atom. The fourth-order valence-corrected chi connectivity index (χ4v) is 5.10. The summed E-state index contributed by atoms with van der Waals surface area (Å²) in [6.07, 6.45) is 3.11. The summed E-state index contributed by atoms with van der Waals surface area (Å²) in [4.78, 5) is 25.8. The highest BCUT2D eigenvalue weighted by Gasteiger charge is 2.32. The zero-order chi connectivity index (χ0) is 23.5. The van der Waals surface area contributed by atoms with Crippen LogP contribution in [0.2, 0.25) is 0 Å². The lowest BCUT2D eigenvalue weighted by Crippen LogP contribution is -2.39. The maximum Gasteiger partial charge on any atom is 0.335 e. The minimum Gasteiger partial charge on any atom is -0.496 e. The molecule has 2 atom stereocenters. The molecule has 33 heavy (non-hydrogen) atoms. The van der Waals surface area contributed by atoms with Crippen LogP contribution in [0.1, 0.15) is 64.8 Å². The Morgan fingerprint density at radius 2 is 2.00 bits per heavy atom. The van der Waals surface area contributed by atoms with Crippen molar-refractivity contribution in [2.24, 2.45) is 0 Å². The van der Waals surface area contributed by atoms with Crippen LogP contribution in [0.15, 0.2) is 30.3 Å². The molecule has 0 spiro atoms. The Balaban J connectivity index is 1.68. The van der Waals surface area contributed by atoms with Gasteiger partial charge in [0, 0.05) is 43.4 Å². The zero-order valence-electron chi connectivity index (χ0n) is 19.5. The van der Waals surface area contributed by atoms with Crippen LogP contribution in [0.5, 0.6) is 5.75 Å². The largest absolute Gasteiger partial charge is 0.496 e. The van der Waals surface area contributed by atoms with Crippen LogP contribution in [0.25, 0.3) is 0 Å². The number of amides is 1. The highest BCUT2D eigenvalue weighted by Crippen LogP contribution is 2.40. The van der Waals surface area contributed by atoms with Crippen molar-refractivity contribution < 1.29 is 24.2 Å². The number of carbonyl (C=O) groups excluding carboxylic acids is 1. The van der Waals surface area contributed by atoms with Gasteiger partial charge < -0.3 is 19.9 Å². The van der Waals surface area contributed by atoms with E-state index in [1.807, 2.05) is 32.0 Å². The van der Waals surface area contributed by atoms with Crippen molar-refractivity contribution in [2.45, 2.75) is 58.2 Å². The molecule has 0 aliphatic carbocycles. The molecule has 4 rings (SSSR count). The van der Waals surface area contributed by atoms with Crippen LogP contribution in [-0.2, 0) is 22.5 Å². The van der Waals surface area contributed by atoms with Crippen molar-refractivity contribution in [3.63, 3.8) is 0 Å². The number of anilines is 1. The molecule has 176 valence electrons. The average Bonchev–Trinajstić information content (AvgIpc) is 2.81. The molecular formula is C26H32N2O5. The summed E-state index contributed by atoms with van der Waals surface area (Å²) in [5.41, 5.74) is 5.55. The van der Waals surface area contributed by atoms with Gasteiger partial charge >= 0.3 is 5.97 Å². The molecule has 1 saturated heterocycles. The molecule has 2 aliphatic heterocycles. The number of ether oxygens (including phenoxy) is 2. The van der Waals surface area contributed by atoms with Gasteiger partial charge in [-0.3, -0.25) is 9.69 Å². The number of fused-ring (bicyclic) bond motifs is 1. The van der Waals surface area contributed by atoms with Crippen molar-refractivity contribution in [1.82, 2.24) is 4.90 Å². The second-order valence-corrected chi connectivity index (χ2v) is 8.79. The van der Waals surface area contributed by atoms with Gasteiger partial charge in [-0.15, -0.1) is 0 Å². The number of nitrogens with one attached hydrogen (secondary N) is 1. The maximum absolute atomic E-state index is 12.0. The molecule has 7 nitrogen and oxygen atoms in total. The first-order valence-electron chi connectivity index (χ1n) is 11.6. The van der Waals surface area contributed by atoms with Gasteiger partial charge in [0.1, 0.15) is 5.75 Å². The van der Waals surface area contributed by atoms with Crippen LogP contribution in [0, 0.1) is 6.92 Å². The summed E-state index contributed by atoms with van der Waals surface area (Å²) in [6, 6.07) is 9.27. The number of carbonyl (C=O) groups is 2. The molecular weight excluding hydrogens is 420 g/mol. The highest BCUT2D eigenvalue weighted by molar-refractivity contribution is 5.95. The summed E-state index contributed by atoms with van der Waals surface area (Å²) in [5, 5.41) is 12.3. The molecule has 0 radical (unpaired) electrons. The van der Waals surface area contributed by atoms with E-state index in [-0.39, 0.29) is 23.6 Å². The minimum absolute atomic E-state index is 0.0515.